The number of H-pyrrole nitrogens is 1. The number of benzene rings is 1. The lowest BCUT2D eigenvalue weighted by Crippen LogP contribution is -2.51. The number of carbonyl (C=O) groups excluding carboxylic acids is 1. The minimum atomic E-state index is -4.78. The van der Waals surface area contributed by atoms with Crippen molar-refractivity contribution in [3.8, 4) is 17.0 Å². The quantitative estimate of drug-likeness (QED) is 0.588. The van der Waals surface area contributed by atoms with Crippen molar-refractivity contribution in [1.82, 2.24) is 15.2 Å². The molecule has 3 heterocycles. The number of nitrogens with one attached hydrogen (secondary N) is 2. The molecule has 0 unspecified atom stereocenters. The number of β-amino-alcohol motifs (C(OH)–C–C–N with tert-alkyl or cyclic N) is 1. The first-order chi connectivity index (χ1) is 14.3. The fourth-order valence-corrected chi connectivity index (χ4v) is 3.01. The van der Waals surface area contributed by atoms with Gasteiger partial charge in [-0.2, -0.15) is 5.10 Å². The molecule has 8 nitrogen and oxygen atoms in total. The zero-order valence-electron chi connectivity index (χ0n) is 15.3. The van der Waals surface area contributed by atoms with Crippen molar-refractivity contribution >= 4 is 17.4 Å². The van der Waals surface area contributed by atoms with Gasteiger partial charge in [0.05, 0.1) is 17.4 Å². The van der Waals surface area contributed by atoms with Gasteiger partial charge < -0.3 is 20.1 Å². The zero-order valence-corrected chi connectivity index (χ0v) is 15.3. The third-order valence-corrected chi connectivity index (χ3v) is 4.43. The van der Waals surface area contributed by atoms with Crippen LogP contribution in [0.1, 0.15) is 10.4 Å². The van der Waals surface area contributed by atoms with E-state index in [-0.39, 0.29) is 11.3 Å². The van der Waals surface area contributed by atoms with E-state index in [0.29, 0.717) is 35.9 Å². The summed E-state index contributed by atoms with van der Waals surface area (Å²) in [6.45, 7) is 0.873. The van der Waals surface area contributed by atoms with Crippen molar-refractivity contribution in [2.24, 2.45) is 0 Å². The maximum absolute atomic E-state index is 12.6. The Bertz CT molecular complexity index is 1030. The maximum Gasteiger partial charge on any atom is 0.573 e. The second kappa shape index (κ2) is 7.67. The molecule has 0 spiro atoms. The lowest BCUT2D eigenvalue weighted by Gasteiger charge is -2.37. The number of aromatic amines is 1. The van der Waals surface area contributed by atoms with Crippen LogP contribution in [0.4, 0.5) is 24.7 Å². The number of halogens is 3. The molecule has 156 valence electrons. The van der Waals surface area contributed by atoms with E-state index in [0.717, 1.165) is 12.1 Å². The van der Waals surface area contributed by atoms with Crippen molar-refractivity contribution in [3.63, 3.8) is 0 Å². The minimum Gasteiger partial charge on any atom is -0.406 e. The smallest absolute Gasteiger partial charge is 0.406 e. The second-order valence-corrected chi connectivity index (χ2v) is 6.65. The molecule has 3 aromatic rings. The first-order valence-corrected chi connectivity index (χ1v) is 8.88. The van der Waals surface area contributed by atoms with Gasteiger partial charge in [0.2, 0.25) is 0 Å². The molecule has 0 bridgehead atoms. The molecule has 1 aliphatic rings. The number of anilines is 2. The van der Waals surface area contributed by atoms with Crippen molar-refractivity contribution in [3.05, 3.63) is 54.4 Å². The monoisotopic (exact) mass is 419 g/mol. The van der Waals surface area contributed by atoms with Gasteiger partial charge in [0.15, 0.2) is 0 Å². The van der Waals surface area contributed by atoms with Gasteiger partial charge in [0.25, 0.3) is 5.91 Å². The number of amides is 1. The summed E-state index contributed by atoms with van der Waals surface area (Å²) in [5.41, 5.74) is 1.84. The molecular weight excluding hydrogens is 403 g/mol. The number of alkyl halides is 3. The number of hydrogen-bond acceptors (Lipinski definition) is 6. The predicted octanol–water partition coefficient (Wildman–Crippen LogP) is 2.80. The summed E-state index contributed by atoms with van der Waals surface area (Å²) in [7, 11) is 0. The maximum atomic E-state index is 12.6. The zero-order chi connectivity index (χ0) is 21.3. The van der Waals surface area contributed by atoms with Crippen LogP contribution in [0.5, 0.6) is 5.75 Å². The van der Waals surface area contributed by atoms with E-state index in [1.807, 2.05) is 4.90 Å². The molecule has 0 atom stereocenters. The highest BCUT2D eigenvalue weighted by Gasteiger charge is 2.31. The van der Waals surface area contributed by atoms with Crippen molar-refractivity contribution < 1.29 is 27.8 Å². The summed E-state index contributed by atoms with van der Waals surface area (Å²) in [4.78, 5) is 18.9. The molecule has 4 rings (SSSR count). The van der Waals surface area contributed by atoms with Gasteiger partial charge in [-0.25, -0.2) is 4.98 Å². The number of ether oxygens (including phenoxy) is 1. The second-order valence-electron chi connectivity index (χ2n) is 6.65. The van der Waals surface area contributed by atoms with Gasteiger partial charge in [-0.05, 0) is 36.4 Å². The standard InChI is InChI=1S/C19H16F3N5O3/c20-19(21,22)30-14-3-1-12(2-4-14)25-18(29)11-7-15(16-5-6-24-26-16)17(23-8-11)27-9-13(28)10-27/h1-8,13,28H,9-10H2,(H,24,26)(H,25,29). The largest absolute Gasteiger partial charge is 0.573 e. The molecule has 2 aromatic heterocycles. The fourth-order valence-electron chi connectivity index (χ4n) is 3.01. The number of aliphatic hydroxyl groups is 1. The summed E-state index contributed by atoms with van der Waals surface area (Å²) in [5.74, 6) is -0.262. The molecule has 1 aromatic carbocycles. The van der Waals surface area contributed by atoms with Crippen LogP contribution >= 0.6 is 0 Å². The van der Waals surface area contributed by atoms with E-state index in [2.05, 4.69) is 25.2 Å². The van der Waals surface area contributed by atoms with Gasteiger partial charge >= 0.3 is 6.36 Å². The first kappa shape index (κ1) is 19.7. The van der Waals surface area contributed by atoms with Crippen LogP contribution in [0.3, 0.4) is 0 Å². The molecule has 0 radical (unpaired) electrons. The molecule has 3 N–H and O–H groups in total. The van der Waals surface area contributed by atoms with E-state index in [1.54, 1.807) is 18.3 Å². The van der Waals surface area contributed by atoms with Crippen LogP contribution in [0, 0.1) is 0 Å². The lowest BCUT2D eigenvalue weighted by atomic mass is 10.1. The van der Waals surface area contributed by atoms with Crippen LogP contribution < -0.4 is 15.0 Å². The summed E-state index contributed by atoms with van der Waals surface area (Å²) < 4.78 is 40.5. The number of pyridine rings is 1. The van der Waals surface area contributed by atoms with Crippen LogP contribution in [0.15, 0.2) is 48.8 Å². The number of rotatable bonds is 5. The molecule has 0 aliphatic carbocycles. The molecule has 1 amide bonds. The topological polar surface area (TPSA) is 103 Å². The highest BCUT2D eigenvalue weighted by atomic mass is 19.4. The van der Waals surface area contributed by atoms with E-state index in [1.165, 1.54) is 18.3 Å². The third-order valence-electron chi connectivity index (χ3n) is 4.43. The Labute approximate surface area is 168 Å². The van der Waals surface area contributed by atoms with Crippen LogP contribution in [0.2, 0.25) is 0 Å². The average Bonchev–Trinajstić information content (AvgIpc) is 3.20. The van der Waals surface area contributed by atoms with Gasteiger partial charge in [-0.15, -0.1) is 13.2 Å². The van der Waals surface area contributed by atoms with Crippen LogP contribution in [0.25, 0.3) is 11.3 Å². The van der Waals surface area contributed by atoms with Crippen molar-refractivity contribution in [1.29, 1.82) is 0 Å². The predicted molar refractivity (Wildman–Crippen MR) is 101 cm³/mol. The lowest BCUT2D eigenvalue weighted by molar-refractivity contribution is -0.274. The number of aromatic nitrogens is 3. The molecule has 1 fully saturated rings. The Hall–Kier alpha value is -3.60. The molecule has 11 heteroatoms. The Morgan fingerprint density at radius 2 is 1.97 bits per heavy atom. The highest BCUT2D eigenvalue weighted by Crippen LogP contribution is 2.31. The van der Waals surface area contributed by atoms with Crippen molar-refractivity contribution in [2.45, 2.75) is 12.5 Å². The van der Waals surface area contributed by atoms with E-state index < -0.39 is 18.4 Å². The van der Waals surface area contributed by atoms with Gasteiger partial charge in [-0.1, -0.05) is 0 Å². The number of aliphatic hydroxyl groups excluding tert-OH is 1. The van der Waals surface area contributed by atoms with E-state index >= 15 is 0 Å². The number of hydrogen-bond donors (Lipinski definition) is 3. The number of carbonyl (C=O) groups is 1. The Balaban J connectivity index is 1.53. The Kier molecular flexibility index (Phi) is 5.04. The molecule has 1 aliphatic heterocycles. The van der Waals surface area contributed by atoms with Crippen LogP contribution in [-0.4, -0.2) is 51.8 Å². The molecule has 30 heavy (non-hydrogen) atoms. The molecule has 0 saturated carbocycles. The van der Waals surface area contributed by atoms with Gasteiger partial charge in [0, 0.05) is 36.7 Å². The molecule has 1 saturated heterocycles. The minimum absolute atomic E-state index is 0.250. The number of nitrogens with zero attached hydrogens (tertiary/aromatic N) is 3. The summed E-state index contributed by atoms with van der Waals surface area (Å²) in [6.07, 6.45) is -2.24. The average molecular weight is 419 g/mol. The SMILES string of the molecule is O=C(Nc1ccc(OC(F)(F)F)cc1)c1cnc(N2CC(O)C2)c(-c2ccn[nH]2)c1. The molecular formula is C19H16F3N5O3. The summed E-state index contributed by atoms with van der Waals surface area (Å²) >= 11 is 0. The first-order valence-electron chi connectivity index (χ1n) is 8.88. The Morgan fingerprint density at radius 1 is 1.23 bits per heavy atom. The van der Waals surface area contributed by atoms with Gasteiger partial charge in [-0.3, -0.25) is 9.89 Å². The summed E-state index contributed by atoms with van der Waals surface area (Å²) in [5, 5.41) is 18.9. The normalized spacial score (nSPS) is 14.3. The highest BCUT2D eigenvalue weighted by molar-refractivity contribution is 6.05. The van der Waals surface area contributed by atoms with Crippen LogP contribution in [-0.2, 0) is 0 Å². The van der Waals surface area contributed by atoms with E-state index in [4.69, 9.17) is 0 Å². The van der Waals surface area contributed by atoms with Gasteiger partial charge in [0.1, 0.15) is 11.6 Å². The third kappa shape index (κ3) is 4.35. The van der Waals surface area contributed by atoms with E-state index in [9.17, 15) is 23.1 Å². The fraction of sp³-hybridized carbons (Fsp3) is 0.211. The Morgan fingerprint density at radius 3 is 2.57 bits per heavy atom. The van der Waals surface area contributed by atoms with Crippen molar-refractivity contribution in [2.75, 3.05) is 23.3 Å². The summed E-state index contributed by atoms with van der Waals surface area (Å²) in [6, 6.07) is 8.19.